The first-order valence-electron chi connectivity index (χ1n) is 11.0. The maximum Gasteiger partial charge on any atom is 0.341 e. The number of benzene rings is 3. The van der Waals surface area contributed by atoms with E-state index in [1.54, 1.807) is 0 Å². The summed E-state index contributed by atoms with van der Waals surface area (Å²) in [6.45, 7) is 2.84. The Bertz CT molecular complexity index is 1030. The van der Waals surface area contributed by atoms with Crippen molar-refractivity contribution in [2.75, 3.05) is 19.7 Å². The Balaban J connectivity index is 1.24. The fraction of sp³-hybridized carbons (Fsp3) is 0.296. The molecule has 4 nitrogen and oxygen atoms in total. The minimum Gasteiger partial charge on any atom is -0.482 e. The van der Waals surface area contributed by atoms with Crippen LogP contribution in [0.2, 0.25) is 0 Å². The fourth-order valence-electron chi connectivity index (χ4n) is 6.28. The predicted molar refractivity (Wildman–Crippen MR) is 118 cm³/mol. The van der Waals surface area contributed by atoms with Gasteiger partial charge in [-0.3, -0.25) is 4.90 Å². The smallest absolute Gasteiger partial charge is 0.341 e. The standard InChI is InChI=1S/C27H25NO3/c29-25(30)16-31-18-11-9-17(10-12-18)13-28-14-23-24(15-28)27-20-6-2-1-5-19(20)26(23)21-7-3-4-8-22(21)27/h1-12,23-24,26-27H,13-16H2,(H,29,30). The van der Waals surface area contributed by atoms with Gasteiger partial charge < -0.3 is 9.84 Å². The molecule has 156 valence electrons. The highest BCUT2D eigenvalue weighted by molar-refractivity contribution is 5.68. The van der Waals surface area contributed by atoms with E-state index < -0.39 is 5.97 Å². The Hall–Kier alpha value is -3.11. The second kappa shape index (κ2) is 7.24. The van der Waals surface area contributed by atoms with Gasteiger partial charge in [0, 0.05) is 31.5 Å². The maximum atomic E-state index is 10.7. The quantitative estimate of drug-likeness (QED) is 0.672. The molecule has 1 aliphatic heterocycles. The zero-order valence-corrected chi connectivity index (χ0v) is 17.3. The molecule has 3 aliphatic carbocycles. The van der Waals surface area contributed by atoms with Gasteiger partial charge >= 0.3 is 5.97 Å². The number of carbonyl (C=O) groups is 1. The minimum atomic E-state index is -0.958. The summed E-state index contributed by atoms with van der Waals surface area (Å²) in [4.78, 5) is 13.3. The molecular formula is C27H25NO3. The molecule has 0 spiro atoms. The fourth-order valence-corrected chi connectivity index (χ4v) is 6.28. The normalized spacial score (nSPS) is 25.5. The Morgan fingerprint density at radius 1 is 0.806 bits per heavy atom. The molecule has 2 unspecified atom stereocenters. The topological polar surface area (TPSA) is 49.8 Å². The van der Waals surface area contributed by atoms with Crippen LogP contribution in [0.5, 0.6) is 5.75 Å². The highest BCUT2D eigenvalue weighted by atomic mass is 16.5. The number of nitrogens with zero attached hydrogens (tertiary/aromatic N) is 1. The second-order valence-electron chi connectivity index (χ2n) is 9.06. The van der Waals surface area contributed by atoms with E-state index in [0.717, 1.165) is 19.6 Å². The van der Waals surface area contributed by atoms with Crippen molar-refractivity contribution in [2.24, 2.45) is 11.8 Å². The van der Waals surface area contributed by atoms with Gasteiger partial charge in [-0.15, -0.1) is 0 Å². The van der Waals surface area contributed by atoms with Crippen molar-refractivity contribution in [1.82, 2.24) is 4.90 Å². The third-order valence-electron chi connectivity index (χ3n) is 7.37. The van der Waals surface area contributed by atoms with E-state index in [9.17, 15) is 4.79 Å². The molecule has 1 heterocycles. The van der Waals surface area contributed by atoms with E-state index in [-0.39, 0.29) is 6.61 Å². The van der Waals surface area contributed by atoms with Gasteiger partial charge in [0.15, 0.2) is 6.61 Å². The van der Waals surface area contributed by atoms with Crippen molar-refractivity contribution in [3.8, 4) is 5.75 Å². The van der Waals surface area contributed by atoms with Crippen LogP contribution in [0.3, 0.4) is 0 Å². The number of carboxylic acids is 1. The predicted octanol–water partition coefficient (Wildman–Crippen LogP) is 4.49. The van der Waals surface area contributed by atoms with E-state index in [4.69, 9.17) is 9.84 Å². The number of aliphatic carboxylic acids is 1. The number of rotatable bonds is 5. The first kappa shape index (κ1) is 18.6. The molecule has 0 radical (unpaired) electrons. The van der Waals surface area contributed by atoms with E-state index in [1.165, 1.54) is 27.8 Å². The lowest BCUT2D eigenvalue weighted by molar-refractivity contribution is -0.139. The largest absolute Gasteiger partial charge is 0.482 e. The molecule has 0 saturated carbocycles. The first-order chi connectivity index (χ1) is 15.2. The van der Waals surface area contributed by atoms with E-state index in [2.05, 4.69) is 65.6 Å². The summed E-state index contributed by atoms with van der Waals surface area (Å²) >= 11 is 0. The molecule has 7 rings (SSSR count). The lowest BCUT2D eigenvalue weighted by atomic mass is 9.55. The average molecular weight is 412 g/mol. The highest BCUT2D eigenvalue weighted by Gasteiger charge is 2.52. The van der Waals surface area contributed by atoms with Gasteiger partial charge in [-0.05, 0) is 51.8 Å². The first-order valence-corrected chi connectivity index (χ1v) is 11.0. The molecule has 0 aromatic heterocycles. The van der Waals surface area contributed by atoms with Crippen LogP contribution in [0, 0.1) is 11.8 Å². The van der Waals surface area contributed by atoms with Gasteiger partial charge in [-0.1, -0.05) is 60.7 Å². The van der Waals surface area contributed by atoms with Gasteiger partial charge in [-0.25, -0.2) is 4.79 Å². The molecule has 2 atom stereocenters. The summed E-state index contributed by atoms with van der Waals surface area (Å²) in [6, 6.07) is 26.0. The van der Waals surface area contributed by atoms with E-state index in [1.807, 2.05) is 12.1 Å². The minimum absolute atomic E-state index is 0.307. The molecule has 1 fully saturated rings. The second-order valence-corrected chi connectivity index (χ2v) is 9.06. The van der Waals surface area contributed by atoms with Crippen LogP contribution in [-0.2, 0) is 11.3 Å². The van der Waals surface area contributed by atoms with Crippen LogP contribution in [0.25, 0.3) is 0 Å². The van der Waals surface area contributed by atoms with Crippen molar-refractivity contribution >= 4 is 5.97 Å². The summed E-state index contributed by atoms with van der Waals surface area (Å²) in [5.41, 5.74) is 7.38. The lowest BCUT2D eigenvalue weighted by Crippen LogP contribution is -2.39. The number of carboxylic acid groups (broad SMARTS) is 1. The zero-order chi connectivity index (χ0) is 20.9. The van der Waals surface area contributed by atoms with Gasteiger partial charge in [0.25, 0.3) is 0 Å². The number of hydrogen-bond donors (Lipinski definition) is 1. The summed E-state index contributed by atoms with van der Waals surface area (Å²) in [5.74, 6) is 1.96. The third kappa shape index (κ3) is 3.05. The summed E-state index contributed by atoms with van der Waals surface area (Å²) in [7, 11) is 0. The monoisotopic (exact) mass is 411 g/mol. The van der Waals surface area contributed by atoms with Crippen molar-refractivity contribution in [1.29, 1.82) is 0 Å². The van der Waals surface area contributed by atoms with Crippen molar-refractivity contribution in [3.63, 3.8) is 0 Å². The van der Waals surface area contributed by atoms with Crippen LogP contribution < -0.4 is 4.74 Å². The molecule has 4 heteroatoms. The molecule has 2 bridgehead atoms. The van der Waals surface area contributed by atoms with Crippen molar-refractivity contribution in [2.45, 2.75) is 18.4 Å². The van der Waals surface area contributed by atoms with Crippen LogP contribution in [0.15, 0.2) is 72.8 Å². The highest BCUT2D eigenvalue weighted by Crippen LogP contribution is 2.60. The van der Waals surface area contributed by atoms with Gasteiger partial charge in [0.05, 0.1) is 0 Å². The zero-order valence-electron chi connectivity index (χ0n) is 17.3. The van der Waals surface area contributed by atoms with Crippen LogP contribution in [0.1, 0.15) is 39.7 Å². The van der Waals surface area contributed by atoms with Gasteiger partial charge in [-0.2, -0.15) is 0 Å². The molecule has 4 aliphatic rings. The molecule has 0 amide bonds. The van der Waals surface area contributed by atoms with Gasteiger partial charge in [0.1, 0.15) is 5.75 Å². The van der Waals surface area contributed by atoms with Crippen LogP contribution in [-0.4, -0.2) is 35.7 Å². The van der Waals surface area contributed by atoms with Gasteiger partial charge in [0.2, 0.25) is 0 Å². The Kier molecular flexibility index (Phi) is 4.35. The van der Waals surface area contributed by atoms with Crippen molar-refractivity contribution < 1.29 is 14.6 Å². The average Bonchev–Trinajstić information content (AvgIpc) is 3.22. The summed E-state index contributed by atoms with van der Waals surface area (Å²) in [5, 5.41) is 8.77. The molecule has 3 aromatic carbocycles. The Morgan fingerprint density at radius 2 is 1.29 bits per heavy atom. The Labute approximate surface area is 182 Å². The third-order valence-corrected chi connectivity index (χ3v) is 7.37. The summed E-state index contributed by atoms with van der Waals surface area (Å²) < 4.78 is 5.26. The molecule has 1 saturated heterocycles. The van der Waals surface area contributed by atoms with Crippen LogP contribution in [0.4, 0.5) is 0 Å². The maximum absolute atomic E-state index is 10.7. The number of ether oxygens (including phenoxy) is 1. The molecular weight excluding hydrogens is 386 g/mol. The van der Waals surface area contributed by atoms with E-state index >= 15 is 0 Å². The summed E-state index contributed by atoms with van der Waals surface area (Å²) in [6.07, 6.45) is 0. The van der Waals surface area contributed by atoms with E-state index in [0.29, 0.717) is 29.4 Å². The molecule has 31 heavy (non-hydrogen) atoms. The Morgan fingerprint density at radius 3 is 1.74 bits per heavy atom. The number of hydrogen-bond acceptors (Lipinski definition) is 3. The SMILES string of the molecule is O=C(O)COc1ccc(CN2CC3C4c5ccccc5C(c5ccccc54)C3C2)cc1. The lowest BCUT2D eigenvalue weighted by Gasteiger charge is -2.48. The molecule has 1 N–H and O–H groups in total. The van der Waals surface area contributed by atoms with Crippen LogP contribution >= 0.6 is 0 Å². The van der Waals surface area contributed by atoms with Crippen molar-refractivity contribution in [3.05, 3.63) is 101 Å². The molecule has 3 aromatic rings. The number of likely N-dealkylation sites (tertiary alicyclic amines) is 1.